The lowest BCUT2D eigenvalue weighted by Gasteiger charge is -2.05. The zero-order valence-electron chi connectivity index (χ0n) is 13.4. The molecule has 0 fully saturated rings. The van der Waals surface area contributed by atoms with Gasteiger partial charge in [0, 0.05) is 4.47 Å². The van der Waals surface area contributed by atoms with Crippen molar-refractivity contribution in [1.29, 1.82) is 5.26 Å². The Morgan fingerprint density at radius 3 is 2.32 bits per heavy atom. The van der Waals surface area contributed by atoms with Crippen LogP contribution < -0.4 is 4.74 Å². The molecule has 0 amide bonds. The standard InChI is InChI=1S/C19H14BrNO4/c1-2-24-18(22)15(12-21)11-13-3-9-17(10-4-13)25-19(23)14-5-7-16(20)8-6-14/h3-11H,2H2,1H3. The Morgan fingerprint density at radius 2 is 1.76 bits per heavy atom. The van der Waals surface area contributed by atoms with Crippen molar-refractivity contribution in [2.24, 2.45) is 0 Å². The van der Waals surface area contributed by atoms with E-state index in [9.17, 15) is 9.59 Å². The van der Waals surface area contributed by atoms with E-state index in [1.165, 1.54) is 6.08 Å². The van der Waals surface area contributed by atoms with Crippen molar-refractivity contribution in [2.75, 3.05) is 6.61 Å². The number of rotatable bonds is 5. The molecule has 6 heteroatoms. The summed E-state index contributed by atoms with van der Waals surface area (Å²) in [5.41, 5.74) is 0.954. The highest BCUT2D eigenvalue weighted by Crippen LogP contribution is 2.17. The van der Waals surface area contributed by atoms with Crippen LogP contribution in [-0.4, -0.2) is 18.5 Å². The number of ether oxygens (including phenoxy) is 2. The third-order valence-electron chi connectivity index (χ3n) is 3.10. The SMILES string of the molecule is CCOC(=O)C(C#N)=Cc1ccc(OC(=O)c2ccc(Br)cc2)cc1. The molecule has 0 atom stereocenters. The molecule has 0 aliphatic heterocycles. The molecule has 25 heavy (non-hydrogen) atoms. The van der Waals surface area contributed by atoms with Crippen LogP contribution in [0.25, 0.3) is 6.08 Å². The number of carbonyl (C=O) groups excluding carboxylic acids is 2. The van der Waals surface area contributed by atoms with E-state index >= 15 is 0 Å². The molecule has 0 bridgehead atoms. The van der Waals surface area contributed by atoms with Gasteiger partial charge >= 0.3 is 11.9 Å². The fourth-order valence-electron chi connectivity index (χ4n) is 1.90. The highest BCUT2D eigenvalue weighted by molar-refractivity contribution is 9.10. The first-order valence-corrected chi connectivity index (χ1v) is 8.19. The molecule has 0 aliphatic rings. The molecular formula is C19H14BrNO4. The molecule has 0 unspecified atom stereocenters. The van der Waals surface area contributed by atoms with Gasteiger partial charge in [-0.2, -0.15) is 5.26 Å². The third kappa shape index (κ3) is 5.30. The molecule has 2 aromatic rings. The number of esters is 2. The molecule has 2 rings (SSSR count). The second kappa shape index (κ2) is 8.81. The van der Waals surface area contributed by atoms with Crippen molar-refractivity contribution in [3.05, 3.63) is 69.7 Å². The van der Waals surface area contributed by atoms with Crippen LogP contribution in [0.5, 0.6) is 5.75 Å². The molecule has 2 aromatic carbocycles. The average molecular weight is 400 g/mol. The minimum Gasteiger partial charge on any atom is -0.462 e. The molecule has 0 heterocycles. The monoisotopic (exact) mass is 399 g/mol. The molecule has 0 spiro atoms. The van der Waals surface area contributed by atoms with Gasteiger partial charge in [-0.25, -0.2) is 9.59 Å². The van der Waals surface area contributed by atoms with Crippen LogP contribution in [0.15, 0.2) is 58.6 Å². The van der Waals surface area contributed by atoms with E-state index in [1.54, 1.807) is 61.5 Å². The topological polar surface area (TPSA) is 76.4 Å². The minimum absolute atomic E-state index is 0.0959. The number of benzene rings is 2. The van der Waals surface area contributed by atoms with Crippen LogP contribution in [0.4, 0.5) is 0 Å². The second-order valence-corrected chi connectivity index (χ2v) is 5.77. The lowest BCUT2D eigenvalue weighted by molar-refractivity contribution is -0.137. The molecule has 0 radical (unpaired) electrons. The number of nitriles is 1. The predicted molar refractivity (Wildman–Crippen MR) is 95.8 cm³/mol. The summed E-state index contributed by atoms with van der Waals surface area (Å²) < 4.78 is 10.9. The Hall–Kier alpha value is -2.91. The van der Waals surface area contributed by atoms with Crippen molar-refractivity contribution in [1.82, 2.24) is 0 Å². The van der Waals surface area contributed by atoms with Gasteiger partial charge in [0.05, 0.1) is 12.2 Å². The van der Waals surface area contributed by atoms with E-state index in [0.717, 1.165) is 4.47 Å². The van der Waals surface area contributed by atoms with Gasteiger partial charge in [0.2, 0.25) is 0 Å². The Labute approximate surface area is 153 Å². The molecule has 0 aromatic heterocycles. The quantitative estimate of drug-likeness (QED) is 0.326. The number of hydrogen-bond acceptors (Lipinski definition) is 5. The number of hydrogen-bond donors (Lipinski definition) is 0. The Balaban J connectivity index is 2.09. The number of carbonyl (C=O) groups is 2. The zero-order chi connectivity index (χ0) is 18.2. The maximum absolute atomic E-state index is 12.0. The van der Waals surface area contributed by atoms with E-state index in [1.807, 2.05) is 0 Å². The summed E-state index contributed by atoms with van der Waals surface area (Å²) in [7, 11) is 0. The molecule has 0 N–H and O–H groups in total. The summed E-state index contributed by atoms with van der Waals surface area (Å²) >= 11 is 3.30. The molecule has 0 saturated carbocycles. The average Bonchev–Trinajstić information content (AvgIpc) is 2.61. The first kappa shape index (κ1) is 18.4. The summed E-state index contributed by atoms with van der Waals surface area (Å²) in [6.07, 6.45) is 1.41. The van der Waals surface area contributed by atoms with Crippen LogP contribution >= 0.6 is 15.9 Å². The van der Waals surface area contributed by atoms with E-state index < -0.39 is 11.9 Å². The van der Waals surface area contributed by atoms with Crippen molar-refractivity contribution < 1.29 is 19.1 Å². The van der Waals surface area contributed by atoms with Crippen molar-refractivity contribution >= 4 is 33.9 Å². The van der Waals surface area contributed by atoms with Crippen molar-refractivity contribution in [3.63, 3.8) is 0 Å². The minimum atomic E-state index is -0.671. The van der Waals surface area contributed by atoms with E-state index in [4.69, 9.17) is 14.7 Å². The molecule has 126 valence electrons. The Morgan fingerprint density at radius 1 is 1.12 bits per heavy atom. The summed E-state index contributed by atoms with van der Waals surface area (Å²) in [5, 5.41) is 9.01. The van der Waals surface area contributed by atoms with Crippen LogP contribution in [0.3, 0.4) is 0 Å². The van der Waals surface area contributed by atoms with Crippen LogP contribution in [0, 0.1) is 11.3 Å². The van der Waals surface area contributed by atoms with Gasteiger partial charge in [0.1, 0.15) is 17.4 Å². The Kier molecular flexibility index (Phi) is 6.49. The Bertz CT molecular complexity index is 833. The second-order valence-electron chi connectivity index (χ2n) is 4.86. The van der Waals surface area contributed by atoms with Gasteiger partial charge in [-0.1, -0.05) is 28.1 Å². The van der Waals surface area contributed by atoms with Gasteiger partial charge in [-0.05, 0) is 55.0 Å². The number of nitrogens with zero attached hydrogens (tertiary/aromatic N) is 1. The largest absolute Gasteiger partial charge is 0.462 e. The first-order chi connectivity index (χ1) is 12.0. The summed E-state index contributed by atoms with van der Waals surface area (Å²) in [6, 6.07) is 15.1. The predicted octanol–water partition coefficient (Wildman–Crippen LogP) is 4.14. The lowest BCUT2D eigenvalue weighted by atomic mass is 10.1. The lowest BCUT2D eigenvalue weighted by Crippen LogP contribution is -2.08. The van der Waals surface area contributed by atoms with Crippen LogP contribution in [-0.2, 0) is 9.53 Å². The zero-order valence-corrected chi connectivity index (χ0v) is 14.9. The molecule has 5 nitrogen and oxygen atoms in total. The van der Waals surface area contributed by atoms with Gasteiger partial charge < -0.3 is 9.47 Å². The maximum Gasteiger partial charge on any atom is 0.348 e. The van der Waals surface area contributed by atoms with E-state index in [-0.39, 0.29) is 12.2 Å². The molecule has 0 aliphatic carbocycles. The fraction of sp³-hybridized carbons (Fsp3) is 0.105. The summed E-state index contributed by atoms with van der Waals surface area (Å²) in [4.78, 5) is 23.6. The normalized spacial score (nSPS) is 10.7. The molecular weight excluding hydrogens is 386 g/mol. The third-order valence-corrected chi connectivity index (χ3v) is 3.63. The summed E-state index contributed by atoms with van der Waals surface area (Å²) in [6.45, 7) is 1.87. The van der Waals surface area contributed by atoms with Crippen molar-refractivity contribution in [3.8, 4) is 11.8 Å². The highest BCUT2D eigenvalue weighted by Gasteiger charge is 2.11. The van der Waals surface area contributed by atoms with Gasteiger partial charge in [0.25, 0.3) is 0 Å². The maximum atomic E-state index is 12.0. The van der Waals surface area contributed by atoms with E-state index in [0.29, 0.717) is 16.9 Å². The molecule has 0 saturated heterocycles. The van der Waals surface area contributed by atoms with Crippen molar-refractivity contribution in [2.45, 2.75) is 6.92 Å². The summed E-state index contributed by atoms with van der Waals surface area (Å²) in [5.74, 6) is -0.782. The highest BCUT2D eigenvalue weighted by atomic mass is 79.9. The fourth-order valence-corrected chi connectivity index (χ4v) is 2.16. The van der Waals surface area contributed by atoms with Gasteiger partial charge in [-0.15, -0.1) is 0 Å². The van der Waals surface area contributed by atoms with Gasteiger partial charge in [0.15, 0.2) is 0 Å². The van der Waals surface area contributed by atoms with Crippen LogP contribution in [0.1, 0.15) is 22.8 Å². The van der Waals surface area contributed by atoms with E-state index in [2.05, 4.69) is 15.9 Å². The first-order valence-electron chi connectivity index (χ1n) is 7.40. The number of halogens is 1. The smallest absolute Gasteiger partial charge is 0.348 e. The van der Waals surface area contributed by atoms with Crippen LogP contribution in [0.2, 0.25) is 0 Å². The van der Waals surface area contributed by atoms with Gasteiger partial charge in [-0.3, -0.25) is 0 Å².